The fourth-order valence-corrected chi connectivity index (χ4v) is 2.33. The highest BCUT2D eigenvalue weighted by atomic mass is 35.5. The fraction of sp³-hybridized carbons (Fsp3) is 0.235. The largest absolute Gasteiger partial charge is 0.376 e. The van der Waals surface area contributed by atoms with Crippen molar-refractivity contribution in [1.29, 1.82) is 0 Å². The zero-order chi connectivity index (χ0) is 15.1. The van der Waals surface area contributed by atoms with Gasteiger partial charge in [0, 0.05) is 10.7 Å². The number of carbonyl (C=O) groups excluding carboxylic acids is 1. The van der Waals surface area contributed by atoms with Crippen molar-refractivity contribution < 1.29 is 4.79 Å². The lowest BCUT2D eigenvalue weighted by Gasteiger charge is -2.18. The van der Waals surface area contributed by atoms with Crippen LogP contribution in [-0.2, 0) is 4.79 Å². The van der Waals surface area contributed by atoms with E-state index in [2.05, 4.69) is 10.6 Å². The first kappa shape index (κ1) is 15.4. The summed E-state index contributed by atoms with van der Waals surface area (Å²) in [6, 6.07) is 17.2. The van der Waals surface area contributed by atoms with Crippen LogP contribution in [0.5, 0.6) is 0 Å². The van der Waals surface area contributed by atoms with Gasteiger partial charge in [0.2, 0.25) is 5.91 Å². The minimum Gasteiger partial charge on any atom is -0.376 e. The van der Waals surface area contributed by atoms with E-state index in [0.29, 0.717) is 5.02 Å². The summed E-state index contributed by atoms with van der Waals surface area (Å²) in [4.78, 5) is 12.0. The van der Waals surface area contributed by atoms with Crippen LogP contribution >= 0.6 is 11.6 Å². The van der Waals surface area contributed by atoms with Crippen molar-refractivity contribution in [2.45, 2.75) is 19.4 Å². The Morgan fingerprint density at radius 3 is 2.57 bits per heavy atom. The molecule has 0 heterocycles. The van der Waals surface area contributed by atoms with Gasteiger partial charge >= 0.3 is 0 Å². The molecule has 0 aliphatic carbocycles. The summed E-state index contributed by atoms with van der Waals surface area (Å²) in [5, 5.41) is 6.80. The second kappa shape index (κ2) is 7.70. The number of halogens is 1. The van der Waals surface area contributed by atoms with Crippen LogP contribution in [0, 0.1) is 0 Å². The first-order chi connectivity index (χ1) is 10.2. The van der Waals surface area contributed by atoms with E-state index in [0.717, 1.165) is 17.7 Å². The summed E-state index contributed by atoms with van der Waals surface area (Å²) in [7, 11) is 0. The minimum atomic E-state index is -0.0364. The molecule has 0 saturated carbocycles. The highest BCUT2D eigenvalue weighted by Crippen LogP contribution is 2.20. The van der Waals surface area contributed by atoms with Crippen LogP contribution in [0.1, 0.15) is 24.9 Å². The molecular formula is C17H19ClN2O. The molecule has 2 aromatic carbocycles. The summed E-state index contributed by atoms with van der Waals surface area (Å²) in [5.74, 6) is -0.0364. The van der Waals surface area contributed by atoms with Gasteiger partial charge in [-0.05, 0) is 36.2 Å². The van der Waals surface area contributed by atoms with Crippen molar-refractivity contribution in [1.82, 2.24) is 5.32 Å². The Hall–Kier alpha value is -2.00. The van der Waals surface area contributed by atoms with Crippen LogP contribution in [0.2, 0.25) is 5.02 Å². The summed E-state index contributed by atoms with van der Waals surface area (Å²) in [6.07, 6.45) is 0.817. The van der Waals surface area contributed by atoms with Crippen molar-refractivity contribution in [2.75, 3.05) is 11.9 Å². The van der Waals surface area contributed by atoms with Crippen molar-refractivity contribution in [2.24, 2.45) is 0 Å². The monoisotopic (exact) mass is 302 g/mol. The molecule has 1 unspecified atom stereocenters. The Kier molecular flexibility index (Phi) is 5.64. The van der Waals surface area contributed by atoms with E-state index >= 15 is 0 Å². The van der Waals surface area contributed by atoms with Crippen LogP contribution in [0.15, 0.2) is 54.6 Å². The highest BCUT2D eigenvalue weighted by Gasteiger charge is 2.12. The lowest BCUT2D eigenvalue weighted by Crippen LogP contribution is -2.33. The first-order valence-corrected chi connectivity index (χ1v) is 7.40. The Bertz CT molecular complexity index is 586. The second-order valence-electron chi connectivity index (χ2n) is 4.80. The molecule has 2 rings (SSSR count). The maximum absolute atomic E-state index is 12.0. The van der Waals surface area contributed by atoms with Crippen LogP contribution in [0.25, 0.3) is 0 Å². The summed E-state index contributed by atoms with van der Waals surface area (Å²) < 4.78 is 0. The second-order valence-corrected chi connectivity index (χ2v) is 5.24. The average molecular weight is 303 g/mol. The zero-order valence-electron chi connectivity index (χ0n) is 12.0. The lowest BCUT2D eigenvalue weighted by molar-refractivity contribution is -0.120. The third-order valence-electron chi connectivity index (χ3n) is 3.22. The maximum atomic E-state index is 12.0. The van der Waals surface area contributed by atoms with Gasteiger partial charge in [0.15, 0.2) is 0 Å². The van der Waals surface area contributed by atoms with E-state index in [1.165, 1.54) is 0 Å². The molecule has 1 amide bonds. The molecular weight excluding hydrogens is 284 g/mol. The van der Waals surface area contributed by atoms with Crippen LogP contribution < -0.4 is 10.6 Å². The quantitative estimate of drug-likeness (QED) is 0.846. The molecule has 0 spiro atoms. The predicted octanol–water partition coefficient (Wildman–Crippen LogP) is 4.02. The smallest absolute Gasteiger partial charge is 0.239 e. The molecule has 2 N–H and O–H groups in total. The van der Waals surface area contributed by atoms with E-state index in [1.807, 2.05) is 61.5 Å². The number of hydrogen-bond donors (Lipinski definition) is 2. The van der Waals surface area contributed by atoms with Crippen LogP contribution in [-0.4, -0.2) is 12.5 Å². The topological polar surface area (TPSA) is 41.1 Å². The molecule has 3 nitrogen and oxygen atoms in total. The molecule has 0 radical (unpaired) electrons. The Labute approximate surface area is 130 Å². The number of carbonyl (C=O) groups is 1. The van der Waals surface area contributed by atoms with E-state index in [-0.39, 0.29) is 18.5 Å². The van der Waals surface area contributed by atoms with Gasteiger partial charge in [-0.3, -0.25) is 4.79 Å². The Morgan fingerprint density at radius 2 is 1.90 bits per heavy atom. The normalized spacial score (nSPS) is 11.7. The highest BCUT2D eigenvalue weighted by molar-refractivity contribution is 6.30. The molecule has 0 saturated heterocycles. The van der Waals surface area contributed by atoms with Gasteiger partial charge in [-0.2, -0.15) is 0 Å². The number of anilines is 1. The third-order valence-corrected chi connectivity index (χ3v) is 3.46. The molecule has 0 aliphatic heterocycles. The van der Waals surface area contributed by atoms with Gasteiger partial charge in [0.1, 0.15) is 0 Å². The van der Waals surface area contributed by atoms with Gasteiger partial charge in [-0.25, -0.2) is 0 Å². The zero-order valence-corrected chi connectivity index (χ0v) is 12.7. The number of amides is 1. The van der Waals surface area contributed by atoms with Gasteiger partial charge in [-0.1, -0.05) is 48.9 Å². The maximum Gasteiger partial charge on any atom is 0.239 e. The standard InChI is InChI=1S/C17H19ClN2O/c1-2-16(13-7-6-8-14(18)11-13)20-17(21)12-19-15-9-4-3-5-10-15/h3-11,16,19H,2,12H2,1H3,(H,20,21). The van der Waals surface area contributed by atoms with Crippen molar-refractivity contribution >= 4 is 23.2 Å². The summed E-state index contributed by atoms with van der Waals surface area (Å²) >= 11 is 6.00. The third kappa shape index (κ3) is 4.80. The van der Waals surface area contributed by atoms with Gasteiger partial charge in [-0.15, -0.1) is 0 Å². The average Bonchev–Trinajstić information content (AvgIpc) is 2.51. The summed E-state index contributed by atoms with van der Waals surface area (Å²) in [6.45, 7) is 2.29. The fourth-order valence-electron chi connectivity index (χ4n) is 2.13. The molecule has 21 heavy (non-hydrogen) atoms. The number of rotatable bonds is 6. The molecule has 0 fully saturated rings. The number of para-hydroxylation sites is 1. The molecule has 4 heteroatoms. The predicted molar refractivity (Wildman–Crippen MR) is 87.6 cm³/mol. The number of hydrogen-bond acceptors (Lipinski definition) is 2. The number of benzene rings is 2. The molecule has 0 aliphatic rings. The van der Waals surface area contributed by atoms with Crippen LogP contribution in [0.3, 0.4) is 0 Å². The van der Waals surface area contributed by atoms with Crippen molar-refractivity contribution in [3.05, 3.63) is 65.2 Å². The molecule has 2 aromatic rings. The molecule has 0 bridgehead atoms. The van der Waals surface area contributed by atoms with Crippen molar-refractivity contribution in [3.63, 3.8) is 0 Å². The number of nitrogens with one attached hydrogen (secondary N) is 2. The molecule has 0 aromatic heterocycles. The lowest BCUT2D eigenvalue weighted by atomic mass is 10.0. The first-order valence-electron chi connectivity index (χ1n) is 7.02. The molecule has 110 valence electrons. The van der Waals surface area contributed by atoms with Gasteiger partial charge in [0.05, 0.1) is 12.6 Å². The van der Waals surface area contributed by atoms with E-state index in [9.17, 15) is 4.79 Å². The molecule has 1 atom stereocenters. The van der Waals surface area contributed by atoms with Gasteiger partial charge in [0.25, 0.3) is 0 Å². The Balaban J connectivity index is 1.91. The van der Waals surface area contributed by atoms with E-state index in [4.69, 9.17) is 11.6 Å². The summed E-state index contributed by atoms with van der Waals surface area (Å²) in [5.41, 5.74) is 1.96. The van der Waals surface area contributed by atoms with Crippen molar-refractivity contribution in [3.8, 4) is 0 Å². The SMILES string of the molecule is CCC(NC(=O)CNc1ccccc1)c1cccc(Cl)c1. The van der Waals surface area contributed by atoms with Gasteiger partial charge < -0.3 is 10.6 Å². The van der Waals surface area contributed by atoms with E-state index < -0.39 is 0 Å². The Morgan fingerprint density at radius 1 is 1.14 bits per heavy atom. The minimum absolute atomic E-state index is 0.0197. The van der Waals surface area contributed by atoms with Crippen LogP contribution in [0.4, 0.5) is 5.69 Å². The van der Waals surface area contributed by atoms with E-state index in [1.54, 1.807) is 0 Å².